The van der Waals surface area contributed by atoms with Gasteiger partial charge in [-0.1, -0.05) is 40.2 Å². The molecule has 0 bridgehead atoms. The first-order chi connectivity index (χ1) is 11.6. The number of nitrogens with zero attached hydrogens (tertiary/aromatic N) is 1. The molecule has 1 aromatic heterocycles. The maximum absolute atomic E-state index is 12.0. The van der Waals surface area contributed by atoms with Crippen LogP contribution in [0.4, 0.5) is 0 Å². The quantitative estimate of drug-likeness (QED) is 0.439. The van der Waals surface area contributed by atoms with Crippen molar-refractivity contribution < 1.29 is 9.21 Å². The Labute approximate surface area is 155 Å². The van der Waals surface area contributed by atoms with Gasteiger partial charge in [-0.3, -0.25) is 4.79 Å². The number of halogens is 2. The van der Waals surface area contributed by atoms with Crippen molar-refractivity contribution in [3.63, 3.8) is 0 Å². The Balaban J connectivity index is 1.66. The first-order valence-electron chi connectivity index (χ1n) is 7.07. The molecule has 0 radical (unpaired) electrons. The zero-order chi connectivity index (χ0) is 16.9. The van der Waals surface area contributed by atoms with E-state index in [1.54, 1.807) is 24.3 Å². The van der Waals surface area contributed by atoms with Crippen LogP contribution in [0.15, 0.2) is 79.1 Å². The fourth-order valence-electron chi connectivity index (χ4n) is 2.05. The van der Waals surface area contributed by atoms with E-state index in [1.165, 1.54) is 6.21 Å². The molecule has 4 nitrogen and oxygen atoms in total. The third-order valence-corrected chi connectivity index (χ3v) is 4.45. The van der Waals surface area contributed by atoms with Crippen LogP contribution in [0.2, 0.25) is 0 Å². The van der Waals surface area contributed by atoms with Gasteiger partial charge in [0.2, 0.25) is 0 Å². The Morgan fingerprint density at radius 3 is 2.50 bits per heavy atom. The molecule has 6 heteroatoms. The van der Waals surface area contributed by atoms with Gasteiger partial charge in [-0.05, 0) is 52.3 Å². The van der Waals surface area contributed by atoms with Crippen LogP contribution in [0.1, 0.15) is 16.1 Å². The first kappa shape index (κ1) is 16.7. The highest BCUT2D eigenvalue weighted by atomic mass is 79.9. The molecule has 0 saturated heterocycles. The second-order valence-electron chi connectivity index (χ2n) is 4.89. The molecular formula is C18H12Br2N2O2. The second-order valence-corrected chi connectivity index (χ2v) is 6.66. The van der Waals surface area contributed by atoms with Gasteiger partial charge in [-0.25, -0.2) is 5.43 Å². The number of hydrazone groups is 1. The Hall–Kier alpha value is -2.18. The van der Waals surface area contributed by atoms with Crippen LogP contribution < -0.4 is 5.43 Å². The largest absolute Gasteiger partial charge is 0.455 e. The highest BCUT2D eigenvalue weighted by molar-refractivity contribution is 9.10. The van der Waals surface area contributed by atoms with Crippen LogP contribution in [0.3, 0.4) is 0 Å². The lowest BCUT2D eigenvalue weighted by atomic mass is 10.2. The summed E-state index contributed by atoms with van der Waals surface area (Å²) >= 11 is 6.73. The van der Waals surface area contributed by atoms with Crippen LogP contribution in [0, 0.1) is 0 Å². The summed E-state index contributed by atoms with van der Waals surface area (Å²) in [5.74, 6) is 1.000. The van der Waals surface area contributed by atoms with Gasteiger partial charge in [0.25, 0.3) is 5.91 Å². The number of hydrogen-bond acceptors (Lipinski definition) is 3. The molecule has 1 amide bonds. The highest BCUT2D eigenvalue weighted by Crippen LogP contribution is 2.23. The first-order valence-corrected chi connectivity index (χ1v) is 8.66. The average Bonchev–Trinajstić information content (AvgIpc) is 3.04. The number of nitrogens with one attached hydrogen (secondary N) is 1. The number of benzene rings is 2. The summed E-state index contributed by atoms with van der Waals surface area (Å²) in [5, 5.41) is 3.93. The molecule has 24 heavy (non-hydrogen) atoms. The molecule has 0 aliphatic heterocycles. The minimum atomic E-state index is -0.293. The van der Waals surface area contributed by atoms with Gasteiger partial charge in [-0.15, -0.1) is 0 Å². The van der Waals surface area contributed by atoms with Crippen LogP contribution in [0.25, 0.3) is 11.3 Å². The van der Waals surface area contributed by atoms with Crippen LogP contribution in [-0.2, 0) is 0 Å². The maximum Gasteiger partial charge on any atom is 0.272 e. The second kappa shape index (κ2) is 7.59. The zero-order valence-corrected chi connectivity index (χ0v) is 15.5. The van der Waals surface area contributed by atoms with E-state index in [0.717, 1.165) is 15.8 Å². The van der Waals surface area contributed by atoms with Crippen molar-refractivity contribution in [3.05, 3.63) is 80.9 Å². The van der Waals surface area contributed by atoms with Gasteiger partial charge in [0.1, 0.15) is 11.5 Å². The summed E-state index contributed by atoms with van der Waals surface area (Å²) in [5.41, 5.74) is 3.96. The number of amides is 1. The van der Waals surface area contributed by atoms with Crippen LogP contribution in [0.5, 0.6) is 0 Å². The monoisotopic (exact) mass is 446 g/mol. The molecule has 0 atom stereocenters. The lowest BCUT2D eigenvalue weighted by Crippen LogP contribution is -2.17. The third kappa shape index (κ3) is 4.01. The Morgan fingerprint density at radius 1 is 1.00 bits per heavy atom. The highest BCUT2D eigenvalue weighted by Gasteiger charge is 2.08. The van der Waals surface area contributed by atoms with Gasteiger partial charge in [0.15, 0.2) is 0 Å². The normalized spacial score (nSPS) is 10.9. The minimum Gasteiger partial charge on any atom is -0.455 e. The van der Waals surface area contributed by atoms with Crippen molar-refractivity contribution in [1.82, 2.24) is 5.43 Å². The van der Waals surface area contributed by atoms with Crippen molar-refractivity contribution in [3.8, 4) is 11.3 Å². The molecular weight excluding hydrogens is 436 g/mol. The summed E-state index contributed by atoms with van der Waals surface area (Å²) in [6.07, 6.45) is 1.47. The standard InChI is InChI=1S/C18H12Br2N2O2/c19-13-7-5-12(6-8-13)17-10-9-14(24-17)11-21-22-18(23)15-3-1-2-4-16(15)20/h1-11H,(H,22,23). The van der Waals surface area contributed by atoms with E-state index in [0.29, 0.717) is 15.8 Å². The maximum atomic E-state index is 12.0. The SMILES string of the molecule is O=C(NN=Cc1ccc(-c2ccc(Br)cc2)o1)c1ccccc1Br. The zero-order valence-electron chi connectivity index (χ0n) is 12.4. The molecule has 1 heterocycles. The summed E-state index contributed by atoms with van der Waals surface area (Å²) in [7, 11) is 0. The minimum absolute atomic E-state index is 0.293. The Kier molecular flexibility index (Phi) is 5.27. The van der Waals surface area contributed by atoms with Gasteiger partial charge in [0, 0.05) is 14.5 Å². The van der Waals surface area contributed by atoms with Gasteiger partial charge in [0.05, 0.1) is 11.8 Å². The number of rotatable bonds is 4. The molecule has 1 N–H and O–H groups in total. The number of carbonyl (C=O) groups is 1. The molecule has 0 spiro atoms. The van der Waals surface area contributed by atoms with Gasteiger partial charge < -0.3 is 4.42 Å². The van der Waals surface area contributed by atoms with Crippen molar-refractivity contribution in [2.45, 2.75) is 0 Å². The molecule has 0 saturated carbocycles. The van der Waals surface area contributed by atoms with E-state index in [2.05, 4.69) is 42.4 Å². The number of hydrogen-bond donors (Lipinski definition) is 1. The molecule has 3 rings (SSSR count). The van der Waals surface area contributed by atoms with E-state index in [-0.39, 0.29) is 5.91 Å². The molecule has 3 aromatic rings. The molecule has 2 aromatic carbocycles. The fraction of sp³-hybridized carbons (Fsp3) is 0. The Bertz CT molecular complexity index is 886. The van der Waals surface area contributed by atoms with Gasteiger partial charge >= 0.3 is 0 Å². The van der Waals surface area contributed by atoms with Crippen LogP contribution in [-0.4, -0.2) is 12.1 Å². The molecule has 0 aliphatic carbocycles. The molecule has 120 valence electrons. The molecule has 0 unspecified atom stereocenters. The van der Waals surface area contributed by atoms with E-state index in [4.69, 9.17) is 4.42 Å². The van der Waals surface area contributed by atoms with E-state index in [1.807, 2.05) is 36.4 Å². The number of carbonyl (C=O) groups excluding carboxylic acids is 1. The predicted octanol–water partition coefficient (Wildman–Crippen LogP) is 5.24. The summed E-state index contributed by atoms with van der Waals surface area (Å²) in [6.45, 7) is 0. The summed E-state index contributed by atoms with van der Waals surface area (Å²) in [6, 6.07) is 18.6. The summed E-state index contributed by atoms with van der Waals surface area (Å²) in [4.78, 5) is 12.0. The molecule has 0 fully saturated rings. The van der Waals surface area contributed by atoms with E-state index < -0.39 is 0 Å². The van der Waals surface area contributed by atoms with E-state index >= 15 is 0 Å². The van der Waals surface area contributed by atoms with Crippen molar-refractivity contribution in [1.29, 1.82) is 0 Å². The third-order valence-electron chi connectivity index (χ3n) is 3.23. The van der Waals surface area contributed by atoms with Crippen molar-refractivity contribution in [2.75, 3.05) is 0 Å². The topological polar surface area (TPSA) is 54.6 Å². The lowest BCUT2D eigenvalue weighted by Gasteiger charge is -2.01. The lowest BCUT2D eigenvalue weighted by molar-refractivity contribution is 0.0954. The van der Waals surface area contributed by atoms with Gasteiger partial charge in [-0.2, -0.15) is 5.10 Å². The van der Waals surface area contributed by atoms with Crippen molar-refractivity contribution in [2.24, 2.45) is 5.10 Å². The average molecular weight is 448 g/mol. The summed E-state index contributed by atoms with van der Waals surface area (Å²) < 4.78 is 7.42. The Morgan fingerprint density at radius 2 is 1.75 bits per heavy atom. The smallest absolute Gasteiger partial charge is 0.272 e. The number of furan rings is 1. The van der Waals surface area contributed by atoms with E-state index in [9.17, 15) is 4.79 Å². The predicted molar refractivity (Wildman–Crippen MR) is 101 cm³/mol. The van der Waals surface area contributed by atoms with Crippen LogP contribution >= 0.6 is 31.9 Å². The fourth-order valence-corrected chi connectivity index (χ4v) is 2.78. The van der Waals surface area contributed by atoms with Crippen molar-refractivity contribution >= 4 is 44.0 Å². The molecule has 0 aliphatic rings.